The molecule has 0 aromatic heterocycles. The van der Waals surface area contributed by atoms with E-state index in [1.54, 1.807) is 22.9 Å². The van der Waals surface area contributed by atoms with Crippen molar-refractivity contribution in [3.05, 3.63) is 71.0 Å². The maximum atomic E-state index is 13.8. The van der Waals surface area contributed by atoms with Gasteiger partial charge in [0.05, 0.1) is 0 Å². The van der Waals surface area contributed by atoms with Gasteiger partial charge in [-0.2, -0.15) is 0 Å². The van der Waals surface area contributed by atoms with Crippen molar-refractivity contribution in [2.75, 3.05) is 20.1 Å². The van der Waals surface area contributed by atoms with E-state index >= 15 is 0 Å². The predicted molar refractivity (Wildman–Crippen MR) is 124 cm³/mol. The molecule has 0 N–H and O–H groups in total. The van der Waals surface area contributed by atoms with Gasteiger partial charge in [-0.15, -0.1) is 0 Å². The first-order valence-electron chi connectivity index (χ1n) is 11.2. The molecule has 33 heavy (non-hydrogen) atoms. The summed E-state index contributed by atoms with van der Waals surface area (Å²) in [5.41, 5.74) is 1.98. The van der Waals surface area contributed by atoms with Crippen LogP contribution in [-0.2, 0) is 16.1 Å². The number of hydrogen-bond donors (Lipinski definition) is 0. The second-order valence-electron chi connectivity index (χ2n) is 9.54. The van der Waals surface area contributed by atoms with Gasteiger partial charge in [-0.05, 0) is 62.9 Å². The van der Waals surface area contributed by atoms with Crippen molar-refractivity contribution >= 4 is 12.2 Å². The van der Waals surface area contributed by atoms with Gasteiger partial charge < -0.3 is 19.3 Å². The quantitative estimate of drug-likeness (QED) is 0.610. The van der Waals surface area contributed by atoms with E-state index in [-0.39, 0.29) is 30.5 Å². The van der Waals surface area contributed by atoms with Crippen molar-refractivity contribution in [1.29, 1.82) is 0 Å². The van der Waals surface area contributed by atoms with Gasteiger partial charge in [-0.25, -0.2) is 14.0 Å². The summed E-state index contributed by atoms with van der Waals surface area (Å²) in [7, 11) is 1.72. The fourth-order valence-corrected chi connectivity index (χ4v) is 4.21. The number of ether oxygens (including phenoxy) is 2. The molecule has 2 amide bonds. The van der Waals surface area contributed by atoms with E-state index in [1.807, 2.05) is 58.0 Å². The van der Waals surface area contributed by atoms with Crippen LogP contribution in [0.1, 0.15) is 49.8 Å². The number of rotatable bonds is 4. The molecule has 0 bridgehead atoms. The van der Waals surface area contributed by atoms with Crippen LogP contribution in [0.4, 0.5) is 14.0 Å². The molecule has 3 rings (SSSR count). The van der Waals surface area contributed by atoms with Crippen LogP contribution in [0.25, 0.3) is 0 Å². The number of nitrogens with zero attached hydrogens (tertiary/aromatic N) is 2. The second kappa shape index (κ2) is 10.2. The van der Waals surface area contributed by atoms with E-state index in [9.17, 15) is 14.0 Å². The smallest absolute Gasteiger partial charge is 0.410 e. The highest BCUT2D eigenvalue weighted by atomic mass is 19.1. The number of benzene rings is 2. The normalized spacial score (nSPS) is 18.5. The zero-order valence-corrected chi connectivity index (χ0v) is 20.0. The average molecular weight is 457 g/mol. The minimum atomic E-state index is -0.604. The molecule has 0 unspecified atom stereocenters. The Morgan fingerprint density at radius 3 is 2.48 bits per heavy atom. The lowest BCUT2D eigenvalue weighted by Gasteiger charge is -2.43. The number of carbonyl (C=O) groups is 2. The van der Waals surface area contributed by atoms with E-state index in [0.29, 0.717) is 19.5 Å². The molecular formula is C26H33FN2O4. The molecule has 178 valence electrons. The van der Waals surface area contributed by atoms with E-state index in [2.05, 4.69) is 0 Å². The van der Waals surface area contributed by atoms with Crippen molar-refractivity contribution in [3.63, 3.8) is 0 Å². The summed E-state index contributed by atoms with van der Waals surface area (Å²) in [6.07, 6.45) is -0.267. The number of amides is 2. The van der Waals surface area contributed by atoms with E-state index < -0.39 is 11.7 Å². The van der Waals surface area contributed by atoms with Crippen LogP contribution in [0.2, 0.25) is 0 Å². The third-order valence-corrected chi connectivity index (χ3v) is 5.85. The summed E-state index contributed by atoms with van der Waals surface area (Å²) in [5.74, 6) is -0.524. The maximum Gasteiger partial charge on any atom is 0.410 e. The number of piperidine rings is 1. The summed E-state index contributed by atoms with van der Waals surface area (Å²) >= 11 is 0. The lowest BCUT2D eigenvalue weighted by Crippen LogP contribution is -2.52. The highest BCUT2D eigenvalue weighted by Crippen LogP contribution is 2.33. The molecule has 1 saturated heterocycles. The Morgan fingerprint density at radius 1 is 1.15 bits per heavy atom. The summed E-state index contributed by atoms with van der Waals surface area (Å²) < 4.78 is 24.9. The van der Waals surface area contributed by atoms with E-state index in [0.717, 1.165) is 16.7 Å². The average Bonchev–Trinajstić information content (AvgIpc) is 2.76. The molecule has 2 aromatic rings. The Hall–Kier alpha value is -3.09. The molecule has 0 aliphatic carbocycles. The number of hydrogen-bond acceptors (Lipinski definition) is 4. The van der Waals surface area contributed by atoms with Crippen molar-refractivity contribution in [1.82, 2.24) is 9.80 Å². The Labute approximate surface area is 195 Å². The molecule has 7 heteroatoms. The second-order valence-corrected chi connectivity index (χ2v) is 9.54. The number of likely N-dealkylation sites (N-methyl/N-ethyl adjacent to an activating group) is 1. The van der Waals surface area contributed by atoms with Gasteiger partial charge in [0.15, 0.2) is 0 Å². The van der Waals surface area contributed by atoms with Crippen molar-refractivity contribution < 1.29 is 23.5 Å². The molecule has 1 aliphatic rings. The zero-order valence-electron chi connectivity index (χ0n) is 20.0. The van der Waals surface area contributed by atoms with Crippen LogP contribution in [0.3, 0.4) is 0 Å². The number of halogens is 1. The Kier molecular flexibility index (Phi) is 7.61. The van der Waals surface area contributed by atoms with Crippen molar-refractivity contribution in [2.24, 2.45) is 0 Å². The first-order valence-corrected chi connectivity index (χ1v) is 11.2. The molecule has 1 aliphatic heterocycles. The summed E-state index contributed by atoms with van der Waals surface area (Å²) in [4.78, 5) is 28.9. The van der Waals surface area contributed by atoms with Crippen molar-refractivity contribution in [2.45, 2.75) is 58.3 Å². The Bertz CT molecular complexity index is 974. The maximum absolute atomic E-state index is 13.8. The molecular weight excluding hydrogens is 423 g/mol. The van der Waals surface area contributed by atoms with Crippen molar-refractivity contribution in [3.8, 4) is 0 Å². The molecule has 0 spiro atoms. The van der Waals surface area contributed by atoms with Gasteiger partial charge in [0, 0.05) is 32.1 Å². The fraction of sp³-hybridized carbons (Fsp3) is 0.462. The number of aryl methyl sites for hydroxylation is 1. The van der Waals surface area contributed by atoms with Gasteiger partial charge in [0.1, 0.15) is 18.0 Å². The van der Waals surface area contributed by atoms with Crippen LogP contribution in [0, 0.1) is 12.7 Å². The van der Waals surface area contributed by atoms with Gasteiger partial charge in [0.2, 0.25) is 0 Å². The molecule has 2 atom stereocenters. The number of likely N-dealkylation sites (tertiary alicyclic amines) is 1. The minimum Gasteiger partial charge on any atom is -0.445 e. The number of carbonyl (C=O) groups excluding carboxylic acids is 2. The van der Waals surface area contributed by atoms with Crippen LogP contribution >= 0.6 is 0 Å². The fourth-order valence-electron chi connectivity index (χ4n) is 4.21. The predicted octanol–water partition coefficient (Wildman–Crippen LogP) is 5.50. The van der Waals surface area contributed by atoms with Crippen LogP contribution in [0.15, 0.2) is 48.5 Å². The zero-order chi connectivity index (χ0) is 24.2. The third-order valence-electron chi connectivity index (χ3n) is 5.85. The van der Waals surface area contributed by atoms with Crippen LogP contribution in [0.5, 0.6) is 0 Å². The molecule has 0 radical (unpaired) electrons. The van der Waals surface area contributed by atoms with Gasteiger partial charge >= 0.3 is 12.2 Å². The summed E-state index contributed by atoms with van der Waals surface area (Å²) in [6.45, 7) is 8.33. The lowest BCUT2D eigenvalue weighted by atomic mass is 9.83. The Morgan fingerprint density at radius 2 is 1.85 bits per heavy atom. The first-order chi connectivity index (χ1) is 15.5. The Balaban J connectivity index is 1.79. The molecule has 1 fully saturated rings. The largest absolute Gasteiger partial charge is 0.445 e. The van der Waals surface area contributed by atoms with Crippen LogP contribution < -0.4 is 0 Å². The summed E-state index contributed by atoms with van der Waals surface area (Å²) in [5, 5.41) is 0. The monoisotopic (exact) mass is 456 g/mol. The van der Waals surface area contributed by atoms with E-state index in [1.165, 1.54) is 12.1 Å². The van der Waals surface area contributed by atoms with Gasteiger partial charge in [-0.3, -0.25) is 0 Å². The first kappa shape index (κ1) is 24.6. The minimum absolute atomic E-state index is 0.182. The highest BCUT2D eigenvalue weighted by molar-refractivity contribution is 5.70. The SMILES string of the molecule is Cc1cc(F)ccc1[C@@H]1CN(C(=O)OC(C)(C)C)CC[C@H]1N(C)C(=O)OCc1ccccc1. The topological polar surface area (TPSA) is 59.1 Å². The molecule has 6 nitrogen and oxygen atoms in total. The molecule has 2 aromatic carbocycles. The highest BCUT2D eigenvalue weighted by Gasteiger charge is 2.38. The standard InChI is InChI=1S/C26H33FN2O4/c1-18-15-20(27)11-12-21(18)22-16-29(25(31)33-26(2,3)4)14-13-23(22)28(5)24(30)32-17-19-9-7-6-8-10-19/h6-12,15,22-23H,13-14,16-17H2,1-5H3/t22-,23+/m0/s1. The van der Waals surface area contributed by atoms with Gasteiger partial charge in [0.25, 0.3) is 0 Å². The van der Waals surface area contributed by atoms with E-state index in [4.69, 9.17) is 9.47 Å². The third kappa shape index (κ3) is 6.46. The summed E-state index contributed by atoms with van der Waals surface area (Å²) in [6, 6.07) is 13.9. The lowest BCUT2D eigenvalue weighted by molar-refractivity contribution is 0.0111. The molecule has 1 heterocycles. The molecule has 0 saturated carbocycles. The van der Waals surface area contributed by atoms with Crippen LogP contribution in [-0.4, -0.2) is 53.8 Å². The van der Waals surface area contributed by atoms with Gasteiger partial charge in [-0.1, -0.05) is 36.4 Å².